The first-order valence-corrected chi connectivity index (χ1v) is 7.31. The van der Waals surface area contributed by atoms with Crippen molar-refractivity contribution in [1.29, 1.82) is 0 Å². The average molecular weight is 312 g/mol. The molecule has 1 saturated heterocycles. The molecule has 7 heteroatoms. The molecule has 2 amide bonds. The van der Waals surface area contributed by atoms with Gasteiger partial charge in [0.25, 0.3) is 11.8 Å². The molecule has 22 heavy (non-hydrogen) atoms. The van der Waals surface area contributed by atoms with Gasteiger partial charge in [-0.3, -0.25) is 19.2 Å². The molecule has 0 aromatic carbocycles. The Bertz CT molecular complexity index is 480. The lowest BCUT2D eigenvalue weighted by Crippen LogP contribution is -2.48. The summed E-state index contributed by atoms with van der Waals surface area (Å²) in [6, 6.07) is 0. The summed E-state index contributed by atoms with van der Waals surface area (Å²) in [6.07, 6.45) is 0.342. The van der Waals surface area contributed by atoms with E-state index >= 15 is 0 Å². The standard InChI is InChI=1S/C15H24N2O5/c1-10(18)14(2,3)16-9-8-11(19)15(4,5)22-17-12(20)6-7-13(17)21/h16H,6-9H2,1-5H3. The Morgan fingerprint density at radius 1 is 1.14 bits per heavy atom. The van der Waals surface area contributed by atoms with E-state index in [1.807, 2.05) is 0 Å². The first-order valence-electron chi connectivity index (χ1n) is 7.31. The van der Waals surface area contributed by atoms with Gasteiger partial charge >= 0.3 is 0 Å². The van der Waals surface area contributed by atoms with Gasteiger partial charge in [0.1, 0.15) is 11.4 Å². The van der Waals surface area contributed by atoms with E-state index in [9.17, 15) is 19.2 Å². The van der Waals surface area contributed by atoms with Crippen LogP contribution < -0.4 is 5.32 Å². The molecular weight excluding hydrogens is 288 g/mol. The molecule has 0 aromatic heterocycles. The molecule has 0 spiro atoms. The number of hydrogen-bond acceptors (Lipinski definition) is 6. The molecule has 1 heterocycles. The topological polar surface area (TPSA) is 92.8 Å². The molecule has 0 aromatic rings. The average Bonchev–Trinajstić information content (AvgIpc) is 2.69. The van der Waals surface area contributed by atoms with E-state index in [2.05, 4.69) is 5.32 Å². The monoisotopic (exact) mass is 312 g/mol. The third kappa shape index (κ3) is 4.45. The quantitative estimate of drug-likeness (QED) is 0.665. The van der Waals surface area contributed by atoms with Crippen LogP contribution in [0.25, 0.3) is 0 Å². The van der Waals surface area contributed by atoms with Crippen molar-refractivity contribution in [3.63, 3.8) is 0 Å². The molecule has 1 aliphatic heterocycles. The molecule has 1 rings (SSSR count). The van der Waals surface area contributed by atoms with Crippen molar-refractivity contribution >= 4 is 23.4 Å². The maximum Gasteiger partial charge on any atom is 0.254 e. The van der Waals surface area contributed by atoms with E-state index in [0.717, 1.165) is 0 Å². The minimum absolute atomic E-state index is 0.0243. The van der Waals surface area contributed by atoms with Gasteiger partial charge in [0, 0.05) is 25.8 Å². The van der Waals surface area contributed by atoms with Crippen molar-refractivity contribution in [2.24, 2.45) is 0 Å². The van der Waals surface area contributed by atoms with E-state index in [-0.39, 0.29) is 30.8 Å². The number of carbonyl (C=O) groups excluding carboxylic acids is 4. The van der Waals surface area contributed by atoms with E-state index in [1.54, 1.807) is 13.8 Å². The highest BCUT2D eigenvalue weighted by Gasteiger charge is 2.38. The molecule has 7 nitrogen and oxygen atoms in total. The van der Waals surface area contributed by atoms with Crippen LogP contribution in [0.5, 0.6) is 0 Å². The number of ketones is 2. The van der Waals surface area contributed by atoms with Gasteiger partial charge in [-0.25, -0.2) is 4.84 Å². The fraction of sp³-hybridized carbons (Fsp3) is 0.733. The number of hydrogen-bond donors (Lipinski definition) is 1. The Hall–Kier alpha value is -1.60. The van der Waals surface area contributed by atoms with Crippen LogP contribution in [0.2, 0.25) is 0 Å². The summed E-state index contributed by atoms with van der Waals surface area (Å²) < 4.78 is 0. The van der Waals surface area contributed by atoms with Crippen LogP contribution in [0, 0.1) is 0 Å². The van der Waals surface area contributed by atoms with Crippen LogP contribution >= 0.6 is 0 Å². The van der Waals surface area contributed by atoms with Gasteiger partial charge in [0.2, 0.25) is 0 Å². The van der Waals surface area contributed by atoms with Crippen LogP contribution in [-0.4, -0.2) is 46.1 Å². The zero-order chi connectivity index (χ0) is 17.1. The van der Waals surface area contributed by atoms with Crippen molar-refractivity contribution in [1.82, 2.24) is 10.4 Å². The van der Waals surface area contributed by atoms with Crippen LogP contribution in [0.1, 0.15) is 53.9 Å². The van der Waals surface area contributed by atoms with Crippen molar-refractivity contribution in [3.05, 3.63) is 0 Å². The molecule has 0 radical (unpaired) electrons. The third-order valence-electron chi connectivity index (χ3n) is 3.80. The number of nitrogens with one attached hydrogen (secondary N) is 1. The second-order valence-corrected chi connectivity index (χ2v) is 6.46. The minimum atomic E-state index is -1.28. The fourth-order valence-electron chi connectivity index (χ4n) is 1.85. The zero-order valence-electron chi connectivity index (χ0n) is 13.8. The SMILES string of the molecule is CC(=O)C(C)(C)NCCC(=O)C(C)(C)ON1C(=O)CCC1=O. The molecule has 0 atom stereocenters. The highest BCUT2D eigenvalue weighted by molar-refractivity contribution is 6.01. The molecular formula is C15H24N2O5. The number of nitrogens with zero attached hydrogens (tertiary/aromatic N) is 1. The number of carbonyl (C=O) groups is 4. The van der Waals surface area contributed by atoms with Crippen LogP contribution in [0.4, 0.5) is 0 Å². The predicted octanol–water partition coefficient (Wildman–Crippen LogP) is 0.762. The summed E-state index contributed by atoms with van der Waals surface area (Å²) in [7, 11) is 0. The molecule has 1 aliphatic rings. The predicted molar refractivity (Wildman–Crippen MR) is 78.6 cm³/mol. The molecule has 1 fully saturated rings. The maximum atomic E-state index is 12.2. The second kappa shape index (κ2) is 6.66. The van der Waals surface area contributed by atoms with Gasteiger partial charge in [0.15, 0.2) is 5.78 Å². The number of Topliss-reactive ketones (excluding diaryl/α,β-unsaturated/α-hetero) is 2. The van der Waals surface area contributed by atoms with E-state index in [1.165, 1.54) is 20.8 Å². The van der Waals surface area contributed by atoms with Crippen molar-refractivity contribution in [2.45, 2.75) is 65.0 Å². The summed E-state index contributed by atoms with van der Waals surface area (Å²) >= 11 is 0. The minimum Gasteiger partial charge on any atom is -0.305 e. The van der Waals surface area contributed by atoms with Gasteiger partial charge < -0.3 is 5.32 Å². The van der Waals surface area contributed by atoms with Crippen LogP contribution in [0.15, 0.2) is 0 Å². The summed E-state index contributed by atoms with van der Waals surface area (Å²) in [5, 5.41) is 3.68. The number of imide groups is 1. The summed E-state index contributed by atoms with van der Waals surface area (Å²) in [5.74, 6) is -1.14. The lowest BCUT2D eigenvalue weighted by atomic mass is 9.98. The lowest BCUT2D eigenvalue weighted by Gasteiger charge is -2.28. The molecule has 124 valence electrons. The van der Waals surface area contributed by atoms with Gasteiger partial charge in [-0.2, -0.15) is 5.06 Å². The third-order valence-corrected chi connectivity index (χ3v) is 3.80. The number of hydroxylamine groups is 2. The van der Waals surface area contributed by atoms with Crippen LogP contribution in [0.3, 0.4) is 0 Å². The lowest BCUT2D eigenvalue weighted by molar-refractivity contribution is -0.220. The zero-order valence-corrected chi connectivity index (χ0v) is 13.8. The largest absolute Gasteiger partial charge is 0.305 e. The Morgan fingerprint density at radius 2 is 1.64 bits per heavy atom. The highest BCUT2D eigenvalue weighted by atomic mass is 16.7. The molecule has 0 bridgehead atoms. The molecule has 0 aliphatic carbocycles. The fourth-order valence-corrected chi connectivity index (χ4v) is 1.85. The normalized spacial score (nSPS) is 16.3. The van der Waals surface area contributed by atoms with E-state index in [0.29, 0.717) is 11.6 Å². The molecule has 1 N–H and O–H groups in total. The van der Waals surface area contributed by atoms with Crippen molar-refractivity contribution < 1.29 is 24.0 Å². The number of amides is 2. The highest BCUT2D eigenvalue weighted by Crippen LogP contribution is 2.21. The summed E-state index contributed by atoms with van der Waals surface area (Å²) in [4.78, 5) is 52.0. The van der Waals surface area contributed by atoms with Gasteiger partial charge in [-0.05, 0) is 34.6 Å². The van der Waals surface area contributed by atoms with Crippen LogP contribution in [-0.2, 0) is 24.0 Å². The first kappa shape index (κ1) is 18.4. The Labute approximate surface area is 130 Å². The summed E-state index contributed by atoms with van der Waals surface area (Å²) in [6.45, 7) is 8.30. The number of rotatable bonds is 8. The van der Waals surface area contributed by atoms with Gasteiger partial charge in [-0.15, -0.1) is 0 Å². The molecule has 0 unspecified atom stereocenters. The maximum absolute atomic E-state index is 12.2. The smallest absolute Gasteiger partial charge is 0.254 e. The van der Waals surface area contributed by atoms with E-state index < -0.39 is 23.0 Å². The Balaban J connectivity index is 2.54. The Morgan fingerprint density at radius 3 is 2.09 bits per heavy atom. The van der Waals surface area contributed by atoms with Gasteiger partial charge in [-0.1, -0.05) is 0 Å². The molecule has 0 saturated carbocycles. The second-order valence-electron chi connectivity index (χ2n) is 6.46. The van der Waals surface area contributed by atoms with Crippen molar-refractivity contribution in [2.75, 3.05) is 6.54 Å². The summed E-state index contributed by atoms with van der Waals surface area (Å²) in [5.41, 5.74) is -1.98. The first-order chi connectivity index (χ1) is 9.97. The Kier molecular flexibility index (Phi) is 5.59. The van der Waals surface area contributed by atoms with E-state index in [4.69, 9.17) is 4.84 Å². The van der Waals surface area contributed by atoms with Crippen molar-refractivity contribution in [3.8, 4) is 0 Å². The van der Waals surface area contributed by atoms with Gasteiger partial charge in [0.05, 0.1) is 5.54 Å².